The maximum Gasteiger partial charge on any atom is 0.0551 e. The molecule has 0 aromatic heterocycles. The van der Waals surface area contributed by atoms with E-state index >= 15 is 0 Å². The molecule has 2 aromatic carbocycles. The molecule has 15 heavy (non-hydrogen) atoms. The number of hydrogen-bond donors (Lipinski definition) is 1. The smallest absolute Gasteiger partial charge is 0.0551 e. The molecule has 2 rings (SSSR count). The summed E-state index contributed by atoms with van der Waals surface area (Å²) in [6.45, 7) is 2.08. The van der Waals surface area contributed by atoms with Gasteiger partial charge in [0.1, 0.15) is 0 Å². The van der Waals surface area contributed by atoms with Crippen molar-refractivity contribution in [2.24, 2.45) is 5.73 Å². The Morgan fingerprint density at radius 3 is 2.07 bits per heavy atom. The highest BCUT2D eigenvalue weighted by Gasteiger charge is 2.06. The predicted molar refractivity (Wildman–Crippen MR) is 62.5 cm³/mol. The van der Waals surface area contributed by atoms with Gasteiger partial charge in [0.05, 0.1) is 6.04 Å². The van der Waals surface area contributed by atoms with Crippen molar-refractivity contribution in [3.05, 3.63) is 71.3 Å². The average Bonchev–Trinajstić information content (AvgIpc) is 2.30. The Labute approximate surface area is 90.6 Å². The molecule has 0 aliphatic rings. The molecule has 2 aromatic rings. The van der Waals surface area contributed by atoms with Gasteiger partial charge in [0.25, 0.3) is 0 Å². The second-order valence-electron chi connectivity index (χ2n) is 3.72. The van der Waals surface area contributed by atoms with Gasteiger partial charge in [-0.15, -0.1) is 0 Å². The van der Waals surface area contributed by atoms with Crippen molar-refractivity contribution in [3.8, 4) is 0 Å². The van der Waals surface area contributed by atoms with Crippen molar-refractivity contribution in [1.29, 1.82) is 0 Å². The van der Waals surface area contributed by atoms with E-state index in [-0.39, 0.29) is 6.04 Å². The van der Waals surface area contributed by atoms with Gasteiger partial charge in [-0.3, -0.25) is 0 Å². The molecule has 1 atom stereocenters. The van der Waals surface area contributed by atoms with E-state index in [4.69, 9.17) is 5.73 Å². The number of benzene rings is 2. The largest absolute Gasteiger partial charge is 0.320 e. The number of hydrogen-bond acceptors (Lipinski definition) is 1. The minimum absolute atomic E-state index is 0.0415. The fourth-order valence-electron chi connectivity index (χ4n) is 1.57. The molecule has 0 bridgehead atoms. The SMILES string of the molecule is Cc1ccc(C(N)c2cc[c]cc2)cc1. The highest BCUT2D eigenvalue weighted by atomic mass is 14.6. The number of nitrogens with two attached hydrogens (primary N) is 1. The summed E-state index contributed by atoms with van der Waals surface area (Å²) in [5.41, 5.74) is 9.68. The highest BCUT2D eigenvalue weighted by Crippen LogP contribution is 2.19. The summed E-state index contributed by atoms with van der Waals surface area (Å²) in [7, 11) is 0. The van der Waals surface area contributed by atoms with E-state index in [0.717, 1.165) is 11.1 Å². The highest BCUT2D eigenvalue weighted by molar-refractivity contribution is 5.32. The third-order valence-electron chi connectivity index (χ3n) is 2.54. The maximum atomic E-state index is 6.15. The zero-order valence-electron chi connectivity index (χ0n) is 8.77. The lowest BCUT2D eigenvalue weighted by Crippen LogP contribution is -2.11. The lowest BCUT2D eigenvalue weighted by atomic mass is 9.99. The van der Waals surface area contributed by atoms with Crippen LogP contribution in [0, 0.1) is 13.0 Å². The van der Waals surface area contributed by atoms with Crippen LogP contribution >= 0.6 is 0 Å². The van der Waals surface area contributed by atoms with Gasteiger partial charge in [-0.2, -0.15) is 0 Å². The van der Waals surface area contributed by atoms with Crippen LogP contribution in [0.15, 0.2) is 48.5 Å². The lowest BCUT2D eigenvalue weighted by molar-refractivity contribution is 0.871. The van der Waals surface area contributed by atoms with E-state index in [0.29, 0.717) is 0 Å². The fourth-order valence-corrected chi connectivity index (χ4v) is 1.57. The van der Waals surface area contributed by atoms with Crippen LogP contribution in [0.4, 0.5) is 0 Å². The van der Waals surface area contributed by atoms with Crippen LogP contribution < -0.4 is 5.73 Å². The third-order valence-corrected chi connectivity index (χ3v) is 2.54. The van der Waals surface area contributed by atoms with Crippen molar-refractivity contribution in [3.63, 3.8) is 0 Å². The second-order valence-corrected chi connectivity index (χ2v) is 3.72. The minimum atomic E-state index is -0.0415. The van der Waals surface area contributed by atoms with Gasteiger partial charge in [-0.25, -0.2) is 0 Å². The standard InChI is InChI=1S/C14H14N/c1-11-7-9-13(10-8-11)14(15)12-5-3-2-4-6-12/h3-10,14H,15H2,1H3. The number of aryl methyl sites for hydroxylation is 1. The topological polar surface area (TPSA) is 26.0 Å². The molecule has 0 aliphatic heterocycles. The van der Waals surface area contributed by atoms with Crippen molar-refractivity contribution in [1.82, 2.24) is 0 Å². The Morgan fingerprint density at radius 1 is 0.933 bits per heavy atom. The summed E-state index contributed by atoms with van der Waals surface area (Å²) >= 11 is 0. The summed E-state index contributed by atoms with van der Waals surface area (Å²) in [6.07, 6.45) is 0. The first kappa shape index (κ1) is 9.94. The molecule has 0 heterocycles. The molecule has 0 spiro atoms. The van der Waals surface area contributed by atoms with Gasteiger partial charge < -0.3 is 5.73 Å². The first-order valence-electron chi connectivity index (χ1n) is 5.05. The Balaban J connectivity index is 2.29. The van der Waals surface area contributed by atoms with Crippen LogP contribution in [0.2, 0.25) is 0 Å². The van der Waals surface area contributed by atoms with Crippen molar-refractivity contribution in [2.45, 2.75) is 13.0 Å². The molecule has 1 radical (unpaired) electrons. The second kappa shape index (κ2) is 4.28. The van der Waals surface area contributed by atoms with Crippen LogP contribution in [-0.2, 0) is 0 Å². The quantitative estimate of drug-likeness (QED) is 0.785. The molecular weight excluding hydrogens is 182 g/mol. The summed E-state index contributed by atoms with van der Waals surface area (Å²) in [4.78, 5) is 0. The molecule has 0 aliphatic carbocycles. The summed E-state index contributed by atoms with van der Waals surface area (Å²) in [5, 5.41) is 0. The lowest BCUT2D eigenvalue weighted by Gasteiger charge is -2.12. The van der Waals surface area contributed by atoms with E-state index in [9.17, 15) is 0 Å². The van der Waals surface area contributed by atoms with E-state index in [2.05, 4.69) is 37.3 Å². The van der Waals surface area contributed by atoms with Crippen molar-refractivity contribution < 1.29 is 0 Å². The molecular formula is C14H14N. The molecule has 1 heteroatoms. The van der Waals surface area contributed by atoms with E-state index < -0.39 is 0 Å². The van der Waals surface area contributed by atoms with Crippen LogP contribution in [0.25, 0.3) is 0 Å². The maximum absolute atomic E-state index is 6.15. The average molecular weight is 196 g/mol. The van der Waals surface area contributed by atoms with E-state index in [1.807, 2.05) is 24.3 Å². The monoisotopic (exact) mass is 196 g/mol. The first-order valence-corrected chi connectivity index (χ1v) is 5.05. The minimum Gasteiger partial charge on any atom is -0.320 e. The van der Waals surface area contributed by atoms with Gasteiger partial charge in [-0.1, -0.05) is 54.1 Å². The van der Waals surface area contributed by atoms with Crippen LogP contribution in [0.3, 0.4) is 0 Å². The first-order chi connectivity index (χ1) is 7.27. The third kappa shape index (κ3) is 2.25. The van der Waals surface area contributed by atoms with E-state index in [1.54, 1.807) is 0 Å². The summed E-state index contributed by atoms with van der Waals surface area (Å²) in [5.74, 6) is 0. The van der Waals surface area contributed by atoms with Gasteiger partial charge in [0, 0.05) is 0 Å². The summed E-state index contributed by atoms with van der Waals surface area (Å²) < 4.78 is 0. The van der Waals surface area contributed by atoms with Crippen LogP contribution in [0.1, 0.15) is 22.7 Å². The molecule has 75 valence electrons. The normalized spacial score (nSPS) is 12.4. The number of rotatable bonds is 2. The van der Waals surface area contributed by atoms with Crippen molar-refractivity contribution in [2.75, 3.05) is 0 Å². The van der Waals surface area contributed by atoms with Crippen LogP contribution in [-0.4, -0.2) is 0 Å². The fraction of sp³-hybridized carbons (Fsp3) is 0.143. The zero-order valence-corrected chi connectivity index (χ0v) is 8.77. The predicted octanol–water partition coefficient (Wildman–Crippen LogP) is 2.84. The molecule has 0 saturated heterocycles. The van der Waals surface area contributed by atoms with Crippen molar-refractivity contribution >= 4 is 0 Å². The molecule has 0 saturated carbocycles. The van der Waals surface area contributed by atoms with Gasteiger partial charge in [0.15, 0.2) is 0 Å². The molecule has 1 nitrogen and oxygen atoms in total. The molecule has 0 amide bonds. The summed E-state index contributed by atoms with van der Waals surface area (Å²) in [6, 6.07) is 19.1. The van der Waals surface area contributed by atoms with E-state index in [1.165, 1.54) is 5.56 Å². The van der Waals surface area contributed by atoms with Crippen LogP contribution in [0.5, 0.6) is 0 Å². The zero-order chi connectivity index (χ0) is 10.7. The Morgan fingerprint density at radius 2 is 1.47 bits per heavy atom. The Bertz CT molecular complexity index is 417. The van der Waals surface area contributed by atoms with Gasteiger partial charge in [-0.05, 0) is 24.1 Å². The molecule has 0 fully saturated rings. The molecule has 2 N–H and O–H groups in total. The Hall–Kier alpha value is -1.60. The Kier molecular flexibility index (Phi) is 2.84. The van der Waals surface area contributed by atoms with Gasteiger partial charge in [0.2, 0.25) is 0 Å². The van der Waals surface area contributed by atoms with Gasteiger partial charge >= 0.3 is 0 Å². The molecule has 1 unspecified atom stereocenters.